The first-order valence-electron chi connectivity index (χ1n) is 5.13. The second-order valence-electron chi connectivity index (χ2n) is 3.59. The average Bonchev–Trinajstić information content (AvgIpc) is 2.58. The van der Waals surface area contributed by atoms with Crippen LogP contribution in [-0.2, 0) is 4.74 Å². The largest absolute Gasteiger partial charge is 0.489 e. The van der Waals surface area contributed by atoms with E-state index in [4.69, 9.17) is 4.74 Å². The van der Waals surface area contributed by atoms with E-state index in [1.165, 1.54) is 30.4 Å². The highest BCUT2D eigenvalue weighted by atomic mass is 16.5. The SMILES string of the molecule is CCC/C=C1/OCC2=C1CCC=C2. The van der Waals surface area contributed by atoms with Crippen LogP contribution in [0.4, 0.5) is 0 Å². The zero-order chi connectivity index (χ0) is 9.10. The third-order valence-corrected chi connectivity index (χ3v) is 2.57. The molecule has 2 aliphatic rings. The molecule has 0 aromatic carbocycles. The van der Waals surface area contributed by atoms with Crippen molar-refractivity contribution in [3.8, 4) is 0 Å². The molecule has 1 nitrogen and oxygen atoms in total. The van der Waals surface area contributed by atoms with Crippen LogP contribution in [0.15, 0.2) is 35.1 Å². The molecule has 2 rings (SSSR count). The summed E-state index contributed by atoms with van der Waals surface area (Å²) in [6, 6.07) is 0. The molecular weight excluding hydrogens is 160 g/mol. The van der Waals surface area contributed by atoms with E-state index in [0.717, 1.165) is 18.8 Å². The Balaban J connectivity index is 2.16. The van der Waals surface area contributed by atoms with E-state index in [2.05, 4.69) is 25.2 Å². The van der Waals surface area contributed by atoms with Gasteiger partial charge < -0.3 is 4.74 Å². The van der Waals surface area contributed by atoms with Crippen LogP contribution < -0.4 is 0 Å². The molecule has 0 bridgehead atoms. The molecule has 70 valence electrons. The summed E-state index contributed by atoms with van der Waals surface area (Å²) < 4.78 is 5.64. The maximum absolute atomic E-state index is 5.64. The van der Waals surface area contributed by atoms with Gasteiger partial charge in [0.2, 0.25) is 0 Å². The summed E-state index contributed by atoms with van der Waals surface area (Å²) in [6.45, 7) is 2.99. The minimum Gasteiger partial charge on any atom is -0.489 e. The summed E-state index contributed by atoms with van der Waals surface area (Å²) in [7, 11) is 0. The molecule has 0 amide bonds. The monoisotopic (exact) mass is 176 g/mol. The van der Waals surface area contributed by atoms with Crippen LogP contribution in [0.3, 0.4) is 0 Å². The molecule has 0 aromatic rings. The normalized spacial score (nSPS) is 23.6. The Labute approximate surface area is 79.8 Å². The Kier molecular flexibility index (Phi) is 2.53. The molecule has 1 heteroatoms. The van der Waals surface area contributed by atoms with Crippen molar-refractivity contribution in [1.29, 1.82) is 0 Å². The van der Waals surface area contributed by atoms with Crippen molar-refractivity contribution < 1.29 is 4.74 Å². The van der Waals surface area contributed by atoms with Crippen molar-refractivity contribution in [2.24, 2.45) is 0 Å². The quantitative estimate of drug-likeness (QED) is 0.627. The second kappa shape index (κ2) is 3.82. The van der Waals surface area contributed by atoms with E-state index >= 15 is 0 Å². The zero-order valence-corrected chi connectivity index (χ0v) is 8.18. The molecule has 0 radical (unpaired) electrons. The highest BCUT2D eigenvalue weighted by molar-refractivity contribution is 5.43. The maximum Gasteiger partial charge on any atom is 0.119 e. The van der Waals surface area contributed by atoms with Gasteiger partial charge in [0.25, 0.3) is 0 Å². The fraction of sp³-hybridized carbons (Fsp3) is 0.500. The Hall–Kier alpha value is -0.980. The summed E-state index contributed by atoms with van der Waals surface area (Å²) in [6.07, 6.45) is 11.4. The summed E-state index contributed by atoms with van der Waals surface area (Å²) in [4.78, 5) is 0. The lowest BCUT2D eigenvalue weighted by molar-refractivity contribution is 0.270. The van der Waals surface area contributed by atoms with Crippen molar-refractivity contribution in [3.63, 3.8) is 0 Å². The molecular formula is C12H16O. The van der Waals surface area contributed by atoms with Crippen molar-refractivity contribution in [2.75, 3.05) is 6.61 Å². The smallest absolute Gasteiger partial charge is 0.119 e. The van der Waals surface area contributed by atoms with Crippen molar-refractivity contribution >= 4 is 0 Å². The summed E-state index contributed by atoms with van der Waals surface area (Å²) in [5, 5.41) is 0. The van der Waals surface area contributed by atoms with Crippen LogP contribution >= 0.6 is 0 Å². The molecule has 0 fully saturated rings. The molecule has 1 aliphatic heterocycles. The lowest BCUT2D eigenvalue weighted by atomic mass is 9.98. The van der Waals surface area contributed by atoms with Gasteiger partial charge in [-0.15, -0.1) is 0 Å². The fourth-order valence-corrected chi connectivity index (χ4v) is 1.83. The summed E-state index contributed by atoms with van der Waals surface area (Å²) in [5.74, 6) is 1.15. The molecule has 0 N–H and O–H groups in total. The van der Waals surface area contributed by atoms with Crippen LogP contribution in [0.5, 0.6) is 0 Å². The van der Waals surface area contributed by atoms with Crippen LogP contribution in [0, 0.1) is 0 Å². The maximum atomic E-state index is 5.64. The van der Waals surface area contributed by atoms with E-state index < -0.39 is 0 Å². The number of ether oxygens (including phenoxy) is 1. The average molecular weight is 176 g/mol. The standard InChI is InChI=1S/C12H16O/c1-2-3-8-12-11-7-5-4-6-10(11)9-13-12/h4,6,8H,2-3,5,7,9H2,1H3/b12-8+. The van der Waals surface area contributed by atoms with Crippen LogP contribution in [-0.4, -0.2) is 6.61 Å². The first-order valence-corrected chi connectivity index (χ1v) is 5.13. The first kappa shape index (κ1) is 8.61. The third kappa shape index (κ3) is 1.69. The van der Waals surface area contributed by atoms with Crippen molar-refractivity contribution in [2.45, 2.75) is 32.6 Å². The highest BCUT2D eigenvalue weighted by Crippen LogP contribution is 2.32. The van der Waals surface area contributed by atoms with Gasteiger partial charge in [-0.2, -0.15) is 0 Å². The Bertz CT molecular complexity index is 281. The lowest BCUT2D eigenvalue weighted by Gasteiger charge is -2.06. The summed E-state index contributed by atoms with van der Waals surface area (Å²) in [5.41, 5.74) is 2.85. The first-order chi connectivity index (χ1) is 6.42. The predicted octanol–water partition coefficient (Wildman–Crippen LogP) is 3.35. The van der Waals surface area contributed by atoms with E-state index in [1.807, 2.05) is 0 Å². The van der Waals surface area contributed by atoms with E-state index in [-0.39, 0.29) is 0 Å². The topological polar surface area (TPSA) is 9.23 Å². The Morgan fingerprint density at radius 2 is 2.46 bits per heavy atom. The molecule has 0 atom stereocenters. The van der Waals surface area contributed by atoms with Gasteiger partial charge in [-0.25, -0.2) is 0 Å². The van der Waals surface area contributed by atoms with Gasteiger partial charge >= 0.3 is 0 Å². The minimum atomic E-state index is 0.793. The zero-order valence-electron chi connectivity index (χ0n) is 8.18. The third-order valence-electron chi connectivity index (χ3n) is 2.57. The number of hydrogen-bond donors (Lipinski definition) is 0. The highest BCUT2D eigenvalue weighted by Gasteiger charge is 2.20. The molecule has 1 heterocycles. The van der Waals surface area contributed by atoms with Crippen LogP contribution in [0.25, 0.3) is 0 Å². The van der Waals surface area contributed by atoms with E-state index in [9.17, 15) is 0 Å². The molecule has 0 saturated heterocycles. The number of unbranched alkanes of at least 4 members (excludes halogenated alkanes) is 1. The summed E-state index contributed by atoms with van der Waals surface area (Å²) >= 11 is 0. The molecule has 13 heavy (non-hydrogen) atoms. The molecule has 0 aromatic heterocycles. The van der Waals surface area contributed by atoms with Crippen LogP contribution in [0.2, 0.25) is 0 Å². The number of rotatable bonds is 2. The van der Waals surface area contributed by atoms with Crippen molar-refractivity contribution in [3.05, 3.63) is 35.1 Å². The van der Waals surface area contributed by atoms with Crippen LogP contribution in [0.1, 0.15) is 32.6 Å². The predicted molar refractivity (Wildman–Crippen MR) is 54.3 cm³/mol. The Morgan fingerprint density at radius 1 is 1.54 bits per heavy atom. The van der Waals surface area contributed by atoms with Gasteiger partial charge in [-0.3, -0.25) is 0 Å². The minimum absolute atomic E-state index is 0.793. The fourth-order valence-electron chi connectivity index (χ4n) is 1.83. The van der Waals surface area contributed by atoms with Gasteiger partial charge in [0.1, 0.15) is 12.4 Å². The van der Waals surface area contributed by atoms with Gasteiger partial charge in [0.15, 0.2) is 0 Å². The van der Waals surface area contributed by atoms with Gasteiger partial charge in [0, 0.05) is 5.57 Å². The Morgan fingerprint density at radius 3 is 3.31 bits per heavy atom. The number of hydrogen-bond acceptors (Lipinski definition) is 1. The molecule has 0 saturated carbocycles. The molecule has 0 unspecified atom stereocenters. The van der Waals surface area contributed by atoms with Crippen molar-refractivity contribution in [1.82, 2.24) is 0 Å². The second-order valence-corrected chi connectivity index (χ2v) is 3.59. The van der Waals surface area contributed by atoms with Gasteiger partial charge in [-0.1, -0.05) is 25.5 Å². The molecule has 1 aliphatic carbocycles. The van der Waals surface area contributed by atoms with E-state index in [1.54, 1.807) is 0 Å². The van der Waals surface area contributed by atoms with Gasteiger partial charge in [-0.05, 0) is 30.9 Å². The van der Waals surface area contributed by atoms with Gasteiger partial charge in [0.05, 0.1) is 0 Å². The molecule has 0 spiro atoms. The lowest BCUT2D eigenvalue weighted by Crippen LogP contribution is -1.90. The number of allylic oxidation sites excluding steroid dienone is 3. The van der Waals surface area contributed by atoms with E-state index in [0.29, 0.717) is 0 Å².